The third kappa shape index (κ3) is 3.41. The molecule has 3 aromatic rings. The predicted molar refractivity (Wildman–Crippen MR) is 90.8 cm³/mol. The number of rotatable bonds is 4. The van der Waals surface area contributed by atoms with Gasteiger partial charge in [0.15, 0.2) is 0 Å². The van der Waals surface area contributed by atoms with Gasteiger partial charge in [-0.1, -0.05) is 54.6 Å². The van der Waals surface area contributed by atoms with Crippen LogP contribution in [0.5, 0.6) is 0 Å². The van der Waals surface area contributed by atoms with E-state index in [-0.39, 0.29) is 6.04 Å². The van der Waals surface area contributed by atoms with Crippen molar-refractivity contribution in [3.63, 3.8) is 0 Å². The summed E-state index contributed by atoms with van der Waals surface area (Å²) in [6.45, 7) is 2.11. The average Bonchev–Trinajstić information content (AvgIpc) is 2.95. The van der Waals surface area contributed by atoms with Crippen LogP contribution >= 0.6 is 11.3 Å². The molecule has 1 heterocycles. The summed E-state index contributed by atoms with van der Waals surface area (Å²) in [6, 6.07) is 23.4. The van der Waals surface area contributed by atoms with Crippen LogP contribution in [0, 0.1) is 6.92 Å². The van der Waals surface area contributed by atoms with Gasteiger partial charge in [-0.05, 0) is 42.2 Å². The van der Waals surface area contributed by atoms with Crippen LogP contribution in [-0.2, 0) is 6.42 Å². The quantitative estimate of drug-likeness (QED) is 0.741. The first-order valence-electron chi connectivity index (χ1n) is 7.17. The van der Waals surface area contributed by atoms with Gasteiger partial charge in [-0.3, -0.25) is 0 Å². The van der Waals surface area contributed by atoms with Gasteiger partial charge in [0.05, 0.1) is 6.04 Å². The summed E-state index contributed by atoms with van der Waals surface area (Å²) >= 11 is 1.77. The Morgan fingerprint density at radius 2 is 1.52 bits per heavy atom. The minimum absolute atomic E-state index is 0.0190. The molecular weight excluding hydrogens is 274 g/mol. The van der Waals surface area contributed by atoms with Crippen molar-refractivity contribution in [2.24, 2.45) is 5.73 Å². The molecule has 0 bridgehead atoms. The van der Waals surface area contributed by atoms with Crippen LogP contribution < -0.4 is 5.73 Å². The van der Waals surface area contributed by atoms with Gasteiger partial charge in [0, 0.05) is 9.75 Å². The fraction of sp³-hybridized carbons (Fsp3) is 0.158. The largest absolute Gasteiger partial charge is 0.320 e. The fourth-order valence-electron chi connectivity index (χ4n) is 2.46. The highest BCUT2D eigenvalue weighted by atomic mass is 32.1. The lowest BCUT2D eigenvalue weighted by molar-refractivity contribution is 0.892. The Morgan fingerprint density at radius 1 is 0.857 bits per heavy atom. The van der Waals surface area contributed by atoms with Crippen LogP contribution in [0.15, 0.2) is 66.7 Å². The summed E-state index contributed by atoms with van der Waals surface area (Å²) in [5, 5.41) is 0. The number of nitrogens with two attached hydrogens (primary N) is 1. The maximum atomic E-state index is 6.34. The Bertz CT molecular complexity index is 698. The van der Waals surface area contributed by atoms with Gasteiger partial charge < -0.3 is 5.73 Å². The van der Waals surface area contributed by atoms with Gasteiger partial charge in [0.1, 0.15) is 0 Å². The van der Waals surface area contributed by atoms with Gasteiger partial charge in [-0.25, -0.2) is 0 Å². The second-order valence-corrected chi connectivity index (χ2v) is 6.65. The molecule has 0 spiro atoms. The van der Waals surface area contributed by atoms with Gasteiger partial charge in [0.25, 0.3) is 0 Å². The maximum Gasteiger partial charge on any atom is 0.0646 e. The predicted octanol–water partition coefficient (Wildman–Crippen LogP) is 4.70. The van der Waals surface area contributed by atoms with Gasteiger partial charge in [0.2, 0.25) is 0 Å². The minimum atomic E-state index is -0.0190. The molecule has 21 heavy (non-hydrogen) atoms. The third-order valence-electron chi connectivity index (χ3n) is 3.66. The molecule has 0 aliphatic rings. The van der Waals surface area contributed by atoms with E-state index < -0.39 is 0 Å². The fourth-order valence-corrected chi connectivity index (χ4v) is 3.37. The molecule has 0 amide bonds. The summed E-state index contributed by atoms with van der Waals surface area (Å²) < 4.78 is 0. The zero-order valence-corrected chi connectivity index (χ0v) is 12.9. The van der Waals surface area contributed by atoms with E-state index in [0.717, 1.165) is 6.42 Å². The molecule has 1 atom stereocenters. The molecule has 1 aromatic heterocycles. The van der Waals surface area contributed by atoms with E-state index in [1.54, 1.807) is 11.3 Å². The zero-order chi connectivity index (χ0) is 14.7. The molecule has 2 N–H and O–H groups in total. The number of thiophene rings is 1. The van der Waals surface area contributed by atoms with E-state index in [2.05, 4.69) is 73.7 Å². The highest BCUT2D eigenvalue weighted by molar-refractivity contribution is 7.12. The number of hydrogen-bond acceptors (Lipinski definition) is 2. The molecule has 2 aromatic carbocycles. The van der Waals surface area contributed by atoms with E-state index >= 15 is 0 Å². The molecule has 106 valence electrons. The first-order valence-corrected chi connectivity index (χ1v) is 7.99. The second-order valence-electron chi connectivity index (χ2n) is 5.33. The third-order valence-corrected chi connectivity index (χ3v) is 4.74. The average molecular weight is 293 g/mol. The zero-order valence-electron chi connectivity index (χ0n) is 12.1. The number of hydrogen-bond donors (Lipinski definition) is 1. The molecule has 3 rings (SSSR count). The standard InChI is InChI=1S/C19H19NS/c1-14-7-12-18(21-14)19(20)17-10-8-16(9-11-17)13-15-5-3-2-4-6-15/h2-12,19H,13,20H2,1H3. The van der Waals surface area contributed by atoms with Crippen molar-refractivity contribution >= 4 is 11.3 Å². The first kappa shape index (κ1) is 14.1. The number of benzene rings is 2. The lowest BCUT2D eigenvalue weighted by Crippen LogP contribution is -2.10. The smallest absolute Gasteiger partial charge is 0.0646 e. The van der Waals surface area contributed by atoms with E-state index in [1.165, 1.54) is 26.4 Å². The Labute approximate surface area is 130 Å². The highest BCUT2D eigenvalue weighted by Gasteiger charge is 2.10. The van der Waals surface area contributed by atoms with Crippen molar-refractivity contribution in [3.05, 3.63) is 93.2 Å². The van der Waals surface area contributed by atoms with E-state index in [9.17, 15) is 0 Å². The van der Waals surface area contributed by atoms with E-state index in [0.29, 0.717) is 0 Å². The van der Waals surface area contributed by atoms with Gasteiger partial charge in [-0.2, -0.15) is 0 Å². The molecule has 0 radical (unpaired) electrons. The van der Waals surface area contributed by atoms with Gasteiger partial charge in [-0.15, -0.1) is 11.3 Å². The summed E-state index contributed by atoms with van der Waals surface area (Å²) in [4.78, 5) is 2.53. The topological polar surface area (TPSA) is 26.0 Å². The maximum absolute atomic E-state index is 6.34. The van der Waals surface area contributed by atoms with Crippen LogP contribution in [-0.4, -0.2) is 0 Å². The molecule has 2 heteroatoms. The Balaban J connectivity index is 1.75. The minimum Gasteiger partial charge on any atom is -0.320 e. The summed E-state index contributed by atoms with van der Waals surface area (Å²) in [5.41, 5.74) is 10.2. The Kier molecular flexibility index (Phi) is 4.18. The molecule has 0 saturated heterocycles. The van der Waals surface area contributed by atoms with Crippen LogP contribution in [0.2, 0.25) is 0 Å². The highest BCUT2D eigenvalue weighted by Crippen LogP contribution is 2.26. The van der Waals surface area contributed by atoms with E-state index in [1.807, 2.05) is 0 Å². The monoisotopic (exact) mass is 293 g/mol. The van der Waals surface area contributed by atoms with Crippen molar-refractivity contribution in [1.29, 1.82) is 0 Å². The molecule has 1 nitrogen and oxygen atoms in total. The van der Waals surface area contributed by atoms with Crippen LogP contribution in [0.4, 0.5) is 0 Å². The van der Waals surface area contributed by atoms with Crippen LogP contribution in [0.1, 0.15) is 32.5 Å². The van der Waals surface area contributed by atoms with E-state index in [4.69, 9.17) is 5.73 Å². The van der Waals surface area contributed by atoms with Crippen LogP contribution in [0.25, 0.3) is 0 Å². The van der Waals surface area contributed by atoms with Gasteiger partial charge >= 0.3 is 0 Å². The molecule has 0 fully saturated rings. The summed E-state index contributed by atoms with van der Waals surface area (Å²) in [6.07, 6.45) is 0.967. The van der Waals surface area contributed by atoms with Crippen molar-refractivity contribution in [2.45, 2.75) is 19.4 Å². The Hall–Kier alpha value is -1.90. The summed E-state index contributed by atoms with van der Waals surface area (Å²) in [7, 11) is 0. The lowest BCUT2D eigenvalue weighted by atomic mass is 10.0. The van der Waals surface area contributed by atoms with Crippen molar-refractivity contribution in [3.8, 4) is 0 Å². The SMILES string of the molecule is Cc1ccc(C(N)c2ccc(Cc3ccccc3)cc2)s1. The molecule has 0 aliphatic heterocycles. The first-order chi connectivity index (χ1) is 10.2. The summed E-state index contributed by atoms with van der Waals surface area (Å²) in [5.74, 6) is 0. The van der Waals surface area contributed by atoms with Crippen LogP contribution in [0.3, 0.4) is 0 Å². The molecule has 1 unspecified atom stereocenters. The number of aryl methyl sites for hydroxylation is 1. The molecule has 0 aliphatic carbocycles. The second kappa shape index (κ2) is 6.25. The molecular formula is C19H19NS. The van der Waals surface area contributed by atoms with Crippen molar-refractivity contribution in [2.75, 3.05) is 0 Å². The van der Waals surface area contributed by atoms with Crippen molar-refractivity contribution in [1.82, 2.24) is 0 Å². The molecule has 0 saturated carbocycles. The lowest BCUT2D eigenvalue weighted by Gasteiger charge is -2.11. The Morgan fingerprint density at radius 3 is 2.14 bits per heavy atom. The normalized spacial score (nSPS) is 12.3. The van der Waals surface area contributed by atoms with Crippen molar-refractivity contribution < 1.29 is 0 Å².